The molecule has 5 nitrogen and oxygen atoms in total. The van der Waals surface area contributed by atoms with E-state index < -0.39 is 17.9 Å². The number of carboxylic acids is 1. The summed E-state index contributed by atoms with van der Waals surface area (Å²) < 4.78 is 6.10. The van der Waals surface area contributed by atoms with Gasteiger partial charge in [-0.25, -0.2) is 4.79 Å². The van der Waals surface area contributed by atoms with Crippen LogP contribution < -0.4 is 4.74 Å². The Bertz CT molecular complexity index is 1480. The predicted octanol–water partition coefficient (Wildman–Crippen LogP) is 5.60. The first-order chi connectivity index (χ1) is 19.0. The van der Waals surface area contributed by atoms with Crippen LogP contribution in [-0.2, 0) is 22.6 Å². The average molecular weight is 516 g/mol. The Morgan fingerprint density at radius 3 is 2.08 bits per heavy atom. The summed E-state index contributed by atoms with van der Waals surface area (Å²) in [5, 5.41) is 10.2. The van der Waals surface area contributed by atoms with Gasteiger partial charge in [-0.3, -0.25) is 4.79 Å². The number of carboxylic acid groups (broad SMARTS) is 1. The molecule has 5 rings (SSSR count). The standard InChI is InChI=1S/C34H29NO4/c1-24-19-20-28-23-35(33(36)31(26-15-7-3-8-16-26)27-17-9-4-10-18-27)30(34(37)38)22-29(28)32(24)39-21-11-14-25-12-5-2-6-13-25/h2-10,12-13,15-20,30-31H,21-23H2,1H3,(H,37,38)/t30-/m0/s1. The van der Waals surface area contributed by atoms with Crippen molar-refractivity contribution in [2.24, 2.45) is 0 Å². The van der Waals surface area contributed by atoms with Gasteiger partial charge in [-0.2, -0.15) is 0 Å². The van der Waals surface area contributed by atoms with E-state index in [1.165, 1.54) is 4.90 Å². The minimum Gasteiger partial charge on any atom is -0.480 e. The maximum absolute atomic E-state index is 14.1. The predicted molar refractivity (Wildman–Crippen MR) is 150 cm³/mol. The first-order valence-electron chi connectivity index (χ1n) is 12.9. The zero-order valence-corrected chi connectivity index (χ0v) is 21.7. The van der Waals surface area contributed by atoms with Crippen molar-refractivity contribution in [2.45, 2.75) is 31.8 Å². The fraction of sp³-hybridized carbons (Fsp3) is 0.176. The van der Waals surface area contributed by atoms with Crippen LogP contribution in [-0.4, -0.2) is 34.5 Å². The van der Waals surface area contributed by atoms with E-state index in [1.807, 2.05) is 110 Å². The van der Waals surface area contributed by atoms with E-state index in [-0.39, 0.29) is 25.5 Å². The summed E-state index contributed by atoms with van der Waals surface area (Å²) in [4.78, 5) is 28.2. The zero-order valence-electron chi connectivity index (χ0n) is 21.7. The molecule has 5 heteroatoms. The SMILES string of the molecule is Cc1ccc2c(c1OCC#Cc1ccccc1)C[C@@H](C(=O)O)N(C(=O)C(c1ccccc1)c1ccccc1)C2. The van der Waals surface area contributed by atoms with Crippen LogP contribution >= 0.6 is 0 Å². The monoisotopic (exact) mass is 515 g/mol. The van der Waals surface area contributed by atoms with Crippen molar-refractivity contribution in [2.75, 3.05) is 6.61 Å². The highest BCUT2D eigenvalue weighted by Crippen LogP contribution is 2.36. The van der Waals surface area contributed by atoms with Crippen LogP contribution in [0.3, 0.4) is 0 Å². The summed E-state index contributed by atoms with van der Waals surface area (Å²) in [5.41, 5.74) is 5.17. The van der Waals surface area contributed by atoms with Crippen molar-refractivity contribution in [3.05, 3.63) is 137 Å². The molecule has 1 aliphatic rings. The number of ether oxygens (including phenoxy) is 1. The van der Waals surface area contributed by atoms with Gasteiger partial charge in [0.15, 0.2) is 0 Å². The number of aryl methyl sites for hydroxylation is 1. The van der Waals surface area contributed by atoms with E-state index in [4.69, 9.17) is 4.74 Å². The number of rotatable bonds is 6. The molecular formula is C34H29NO4. The quantitative estimate of drug-likeness (QED) is 0.340. The number of carbonyl (C=O) groups is 2. The Labute approximate surface area is 228 Å². The van der Waals surface area contributed by atoms with Crippen molar-refractivity contribution in [3.63, 3.8) is 0 Å². The third kappa shape index (κ3) is 5.71. The molecule has 0 unspecified atom stereocenters. The number of carbonyl (C=O) groups excluding carboxylic acids is 1. The van der Waals surface area contributed by atoms with Crippen LogP contribution in [0, 0.1) is 18.8 Å². The van der Waals surface area contributed by atoms with Gasteiger partial charge in [-0.05, 0) is 41.3 Å². The number of aliphatic carboxylic acids is 1. The molecule has 194 valence electrons. The van der Waals surface area contributed by atoms with Gasteiger partial charge in [0.25, 0.3) is 0 Å². The van der Waals surface area contributed by atoms with Crippen LogP contribution in [0.4, 0.5) is 0 Å². The summed E-state index contributed by atoms with van der Waals surface area (Å²) in [5.74, 6) is 4.90. The topological polar surface area (TPSA) is 66.8 Å². The first kappa shape index (κ1) is 25.8. The average Bonchev–Trinajstić information content (AvgIpc) is 2.97. The summed E-state index contributed by atoms with van der Waals surface area (Å²) >= 11 is 0. The van der Waals surface area contributed by atoms with Crippen LogP contribution in [0.15, 0.2) is 103 Å². The van der Waals surface area contributed by atoms with E-state index in [0.29, 0.717) is 5.75 Å². The van der Waals surface area contributed by atoms with Crippen molar-refractivity contribution in [3.8, 4) is 17.6 Å². The molecule has 0 fully saturated rings. The third-order valence-electron chi connectivity index (χ3n) is 7.04. The molecule has 0 saturated carbocycles. The van der Waals surface area contributed by atoms with Crippen molar-refractivity contribution in [1.82, 2.24) is 4.90 Å². The molecule has 1 N–H and O–H groups in total. The summed E-state index contributed by atoms with van der Waals surface area (Å²) in [6.07, 6.45) is 0.163. The highest BCUT2D eigenvalue weighted by molar-refractivity contribution is 5.91. The molecule has 0 saturated heterocycles. The smallest absolute Gasteiger partial charge is 0.326 e. The van der Waals surface area contributed by atoms with Crippen LogP contribution in [0.25, 0.3) is 0 Å². The molecule has 39 heavy (non-hydrogen) atoms. The molecule has 0 aliphatic carbocycles. The largest absolute Gasteiger partial charge is 0.480 e. The highest BCUT2D eigenvalue weighted by Gasteiger charge is 2.39. The lowest BCUT2D eigenvalue weighted by molar-refractivity contribution is -0.151. The first-order valence-corrected chi connectivity index (χ1v) is 12.9. The molecule has 0 bridgehead atoms. The Morgan fingerprint density at radius 2 is 1.49 bits per heavy atom. The lowest BCUT2D eigenvalue weighted by Crippen LogP contribution is -2.50. The molecule has 1 amide bonds. The number of benzene rings is 4. The van der Waals surface area contributed by atoms with Crippen LogP contribution in [0.1, 0.15) is 39.3 Å². The minimum atomic E-state index is -1.04. The molecule has 1 atom stereocenters. The number of nitrogens with zero attached hydrogens (tertiary/aromatic N) is 1. The molecule has 4 aromatic carbocycles. The fourth-order valence-electron chi connectivity index (χ4n) is 5.11. The molecule has 1 heterocycles. The van der Waals surface area contributed by atoms with Gasteiger partial charge in [0.2, 0.25) is 5.91 Å². The maximum Gasteiger partial charge on any atom is 0.326 e. The van der Waals surface area contributed by atoms with Crippen molar-refractivity contribution >= 4 is 11.9 Å². The molecule has 0 radical (unpaired) electrons. The van der Waals surface area contributed by atoms with Crippen molar-refractivity contribution < 1.29 is 19.4 Å². The zero-order chi connectivity index (χ0) is 27.2. The molecule has 4 aromatic rings. The van der Waals surface area contributed by atoms with E-state index in [0.717, 1.165) is 33.4 Å². The molecule has 0 aromatic heterocycles. The van der Waals surface area contributed by atoms with Gasteiger partial charge in [-0.1, -0.05) is 103 Å². The van der Waals surface area contributed by atoms with E-state index >= 15 is 0 Å². The second-order valence-corrected chi connectivity index (χ2v) is 9.58. The Balaban J connectivity index is 1.45. The summed E-state index contributed by atoms with van der Waals surface area (Å²) in [6.45, 7) is 2.30. The molecule has 0 spiro atoms. The lowest BCUT2D eigenvalue weighted by atomic mass is 9.86. The summed E-state index contributed by atoms with van der Waals surface area (Å²) in [6, 6.07) is 31.6. The van der Waals surface area contributed by atoms with Gasteiger partial charge < -0.3 is 14.7 Å². The molecule has 1 aliphatic heterocycles. The summed E-state index contributed by atoms with van der Waals surface area (Å²) in [7, 11) is 0. The lowest BCUT2D eigenvalue weighted by Gasteiger charge is -2.37. The number of hydrogen-bond acceptors (Lipinski definition) is 3. The maximum atomic E-state index is 14.1. The fourth-order valence-corrected chi connectivity index (χ4v) is 5.11. The number of hydrogen-bond donors (Lipinski definition) is 1. The normalized spacial score (nSPS) is 14.2. The Morgan fingerprint density at radius 1 is 0.897 bits per heavy atom. The van der Waals surface area contributed by atoms with Gasteiger partial charge in [-0.15, -0.1) is 0 Å². The third-order valence-corrected chi connectivity index (χ3v) is 7.04. The second kappa shape index (κ2) is 11.7. The second-order valence-electron chi connectivity index (χ2n) is 9.58. The number of amides is 1. The van der Waals surface area contributed by atoms with Gasteiger partial charge in [0, 0.05) is 24.1 Å². The highest BCUT2D eigenvalue weighted by atomic mass is 16.5. The number of fused-ring (bicyclic) bond motifs is 1. The van der Waals surface area contributed by atoms with Crippen LogP contribution in [0.2, 0.25) is 0 Å². The molecular weight excluding hydrogens is 486 g/mol. The van der Waals surface area contributed by atoms with Gasteiger partial charge in [0.1, 0.15) is 18.4 Å². The van der Waals surface area contributed by atoms with Gasteiger partial charge in [0.05, 0.1) is 5.92 Å². The van der Waals surface area contributed by atoms with E-state index in [9.17, 15) is 14.7 Å². The van der Waals surface area contributed by atoms with Gasteiger partial charge >= 0.3 is 5.97 Å². The van der Waals surface area contributed by atoms with Crippen molar-refractivity contribution in [1.29, 1.82) is 0 Å². The Hall–Kier alpha value is -4.82. The Kier molecular flexibility index (Phi) is 7.75. The van der Waals surface area contributed by atoms with E-state index in [2.05, 4.69) is 11.8 Å². The van der Waals surface area contributed by atoms with E-state index in [1.54, 1.807) is 0 Å². The minimum absolute atomic E-state index is 0.163. The van der Waals surface area contributed by atoms with Crippen LogP contribution in [0.5, 0.6) is 5.75 Å².